The Bertz CT molecular complexity index is 707. The molecule has 1 aliphatic heterocycles. The van der Waals surface area contributed by atoms with E-state index >= 15 is 0 Å². The van der Waals surface area contributed by atoms with Crippen molar-refractivity contribution in [3.63, 3.8) is 0 Å². The second-order valence-corrected chi connectivity index (χ2v) is 5.23. The Labute approximate surface area is 134 Å². The number of nitrogens with zero attached hydrogens (tertiary/aromatic N) is 6. The first-order chi connectivity index (χ1) is 11.3. The van der Waals surface area contributed by atoms with Crippen molar-refractivity contribution in [3.8, 4) is 11.9 Å². The summed E-state index contributed by atoms with van der Waals surface area (Å²) in [6.07, 6.45) is 4.87. The second kappa shape index (κ2) is 6.87. The van der Waals surface area contributed by atoms with Crippen molar-refractivity contribution < 1.29 is 4.74 Å². The number of ether oxygens (including phenoxy) is 1. The number of nitriles is 1. The predicted octanol–water partition coefficient (Wildman–Crippen LogP) is 1.23. The molecule has 1 saturated heterocycles. The lowest BCUT2D eigenvalue weighted by Gasteiger charge is -2.33. The summed E-state index contributed by atoms with van der Waals surface area (Å²) in [7, 11) is 1.58. The van der Waals surface area contributed by atoms with Crippen molar-refractivity contribution in [2.24, 2.45) is 0 Å². The topological polar surface area (TPSA) is 99.8 Å². The first-order valence-corrected chi connectivity index (χ1v) is 7.39. The van der Waals surface area contributed by atoms with Crippen molar-refractivity contribution >= 4 is 11.6 Å². The summed E-state index contributed by atoms with van der Waals surface area (Å²) in [6.45, 7) is 1.63. The lowest BCUT2D eigenvalue weighted by atomic mass is 10.0. The van der Waals surface area contributed by atoms with Crippen molar-refractivity contribution in [2.75, 3.05) is 30.4 Å². The van der Waals surface area contributed by atoms with Gasteiger partial charge in [-0.05, 0) is 18.9 Å². The van der Waals surface area contributed by atoms with E-state index in [0.717, 1.165) is 31.7 Å². The van der Waals surface area contributed by atoms with Crippen LogP contribution >= 0.6 is 0 Å². The molecule has 1 N–H and O–H groups in total. The van der Waals surface area contributed by atoms with E-state index < -0.39 is 0 Å². The molecule has 0 aromatic carbocycles. The molecule has 0 aliphatic carbocycles. The number of hydrogen-bond donors (Lipinski definition) is 1. The fourth-order valence-electron chi connectivity index (χ4n) is 2.62. The molecule has 3 rings (SSSR count). The number of methoxy groups -OCH3 is 1. The minimum absolute atomic E-state index is 0.313. The van der Waals surface area contributed by atoms with Crippen molar-refractivity contribution in [2.45, 2.75) is 18.9 Å². The molecule has 0 bridgehead atoms. The minimum Gasteiger partial charge on any atom is -0.481 e. The maximum Gasteiger partial charge on any atom is 0.218 e. The monoisotopic (exact) mass is 311 g/mol. The van der Waals surface area contributed by atoms with Gasteiger partial charge in [0.15, 0.2) is 5.82 Å². The van der Waals surface area contributed by atoms with Gasteiger partial charge in [0.25, 0.3) is 0 Å². The maximum absolute atomic E-state index is 9.16. The molecule has 0 unspecified atom stereocenters. The average molecular weight is 311 g/mol. The molecule has 23 heavy (non-hydrogen) atoms. The van der Waals surface area contributed by atoms with Gasteiger partial charge in [0.1, 0.15) is 18.2 Å². The third-order valence-electron chi connectivity index (χ3n) is 3.82. The lowest BCUT2D eigenvalue weighted by Crippen LogP contribution is -2.40. The van der Waals surface area contributed by atoms with Gasteiger partial charge in [-0.15, -0.1) is 5.10 Å². The zero-order chi connectivity index (χ0) is 16.1. The van der Waals surface area contributed by atoms with Crippen LogP contribution in [0.1, 0.15) is 18.4 Å². The van der Waals surface area contributed by atoms with Gasteiger partial charge in [-0.3, -0.25) is 0 Å². The molecule has 0 spiro atoms. The van der Waals surface area contributed by atoms with Gasteiger partial charge in [0, 0.05) is 25.2 Å². The van der Waals surface area contributed by atoms with Crippen LogP contribution in [-0.4, -0.2) is 46.4 Å². The highest BCUT2D eigenvalue weighted by atomic mass is 16.5. The standard InChI is InChI=1S/C15H17N7O/c1-23-14-8-13(17-10-18-14)20-12-3-6-22(7-4-12)15-11(9-16)2-5-19-21-15/h2,5,8,10,12H,3-4,6-7H2,1H3,(H,17,18,20). The van der Waals surface area contributed by atoms with Crippen LogP contribution in [0.3, 0.4) is 0 Å². The Kier molecular flexibility index (Phi) is 4.47. The van der Waals surface area contributed by atoms with Gasteiger partial charge in [0.05, 0.1) is 18.9 Å². The number of aromatic nitrogens is 4. The van der Waals surface area contributed by atoms with Crippen molar-refractivity contribution in [1.82, 2.24) is 20.2 Å². The number of anilines is 2. The Morgan fingerprint density at radius 2 is 2.17 bits per heavy atom. The minimum atomic E-state index is 0.313. The predicted molar refractivity (Wildman–Crippen MR) is 84.2 cm³/mol. The molecule has 2 aromatic heterocycles. The van der Waals surface area contributed by atoms with E-state index in [-0.39, 0.29) is 0 Å². The summed E-state index contributed by atoms with van der Waals surface area (Å²) < 4.78 is 5.10. The van der Waals surface area contributed by atoms with Gasteiger partial charge >= 0.3 is 0 Å². The average Bonchev–Trinajstić information content (AvgIpc) is 2.62. The fraction of sp³-hybridized carbons (Fsp3) is 0.400. The van der Waals surface area contributed by atoms with Gasteiger partial charge < -0.3 is 15.0 Å². The highest BCUT2D eigenvalue weighted by Crippen LogP contribution is 2.22. The normalized spacial score (nSPS) is 15.0. The van der Waals surface area contributed by atoms with Gasteiger partial charge in [-0.1, -0.05) is 0 Å². The van der Waals surface area contributed by atoms with E-state index in [1.54, 1.807) is 25.4 Å². The summed E-state index contributed by atoms with van der Waals surface area (Å²) in [4.78, 5) is 10.3. The molecule has 1 fully saturated rings. The van der Waals surface area contributed by atoms with Crippen LogP contribution in [0.2, 0.25) is 0 Å². The van der Waals surface area contributed by atoms with Crippen LogP contribution < -0.4 is 15.0 Å². The van der Waals surface area contributed by atoms with Crippen molar-refractivity contribution in [1.29, 1.82) is 5.26 Å². The zero-order valence-corrected chi connectivity index (χ0v) is 12.8. The maximum atomic E-state index is 9.16. The highest BCUT2D eigenvalue weighted by molar-refractivity contribution is 5.53. The molecule has 0 atom stereocenters. The Morgan fingerprint density at radius 3 is 2.91 bits per heavy atom. The summed E-state index contributed by atoms with van der Waals surface area (Å²) in [5, 5.41) is 20.5. The first kappa shape index (κ1) is 15.0. The third-order valence-corrected chi connectivity index (χ3v) is 3.82. The van der Waals surface area contributed by atoms with Crippen LogP contribution in [-0.2, 0) is 0 Å². The molecule has 118 valence electrons. The molecular formula is C15H17N7O. The number of rotatable bonds is 4. The van der Waals surface area contributed by atoms with E-state index in [1.807, 2.05) is 0 Å². The molecule has 0 saturated carbocycles. The largest absolute Gasteiger partial charge is 0.481 e. The van der Waals surface area contributed by atoms with Gasteiger partial charge in [-0.2, -0.15) is 10.4 Å². The molecular weight excluding hydrogens is 294 g/mol. The molecule has 0 radical (unpaired) electrons. The SMILES string of the molecule is COc1cc(NC2CCN(c3nnccc3C#N)CC2)ncn1. The smallest absolute Gasteiger partial charge is 0.218 e. The summed E-state index contributed by atoms with van der Waals surface area (Å²) in [6, 6.07) is 5.95. The molecule has 0 amide bonds. The van der Waals surface area contributed by atoms with E-state index in [4.69, 9.17) is 10.00 Å². The summed E-state index contributed by atoms with van der Waals surface area (Å²) in [5.41, 5.74) is 0.562. The molecule has 2 aromatic rings. The number of nitrogens with one attached hydrogen (secondary N) is 1. The van der Waals surface area contributed by atoms with E-state index in [0.29, 0.717) is 23.3 Å². The molecule has 8 nitrogen and oxygen atoms in total. The highest BCUT2D eigenvalue weighted by Gasteiger charge is 2.22. The number of hydrogen-bond acceptors (Lipinski definition) is 8. The lowest BCUT2D eigenvalue weighted by molar-refractivity contribution is 0.397. The van der Waals surface area contributed by atoms with E-state index in [2.05, 4.69) is 36.5 Å². The summed E-state index contributed by atoms with van der Waals surface area (Å²) >= 11 is 0. The molecule has 1 aliphatic rings. The van der Waals surface area contributed by atoms with Crippen LogP contribution in [0, 0.1) is 11.3 Å². The third kappa shape index (κ3) is 3.45. The first-order valence-electron chi connectivity index (χ1n) is 7.39. The second-order valence-electron chi connectivity index (χ2n) is 5.23. The molecule has 3 heterocycles. The summed E-state index contributed by atoms with van der Waals surface area (Å²) in [5.74, 6) is 1.96. The van der Waals surface area contributed by atoms with Crippen LogP contribution in [0.4, 0.5) is 11.6 Å². The van der Waals surface area contributed by atoms with Crippen LogP contribution in [0.15, 0.2) is 24.7 Å². The van der Waals surface area contributed by atoms with Crippen LogP contribution in [0.5, 0.6) is 5.88 Å². The van der Waals surface area contributed by atoms with E-state index in [1.165, 1.54) is 6.33 Å². The Morgan fingerprint density at radius 1 is 1.35 bits per heavy atom. The van der Waals surface area contributed by atoms with Gasteiger partial charge in [0.2, 0.25) is 5.88 Å². The van der Waals surface area contributed by atoms with Crippen molar-refractivity contribution in [3.05, 3.63) is 30.2 Å². The van der Waals surface area contributed by atoms with Gasteiger partial charge in [-0.25, -0.2) is 9.97 Å². The molecule has 8 heteroatoms. The zero-order valence-electron chi connectivity index (χ0n) is 12.8. The Balaban J connectivity index is 1.61. The fourth-order valence-corrected chi connectivity index (χ4v) is 2.62. The Hall–Kier alpha value is -2.95. The van der Waals surface area contributed by atoms with E-state index in [9.17, 15) is 0 Å². The quantitative estimate of drug-likeness (QED) is 0.900. The number of piperidine rings is 1. The van der Waals surface area contributed by atoms with Crippen LogP contribution in [0.25, 0.3) is 0 Å².